The molecule has 0 spiro atoms. The maximum atomic E-state index is 3.48. The van der Waals surface area contributed by atoms with Crippen LogP contribution in [0.5, 0.6) is 0 Å². The first kappa shape index (κ1) is 38.4. The van der Waals surface area contributed by atoms with Gasteiger partial charge in [-0.25, -0.2) is 12.2 Å². The topological polar surface area (TPSA) is 0 Å². The fourth-order valence-corrected chi connectivity index (χ4v) is 6.19. The molecule has 0 aliphatic heterocycles. The van der Waals surface area contributed by atoms with E-state index in [2.05, 4.69) is 132 Å². The fourth-order valence-electron chi connectivity index (χ4n) is 6.19. The average Bonchev–Trinajstić information content (AvgIpc) is 3.90. The zero-order chi connectivity index (χ0) is 33.0. The summed E-state index contributed by atoms with van der Waals surface area (Å²) >= 11 is 1.30. The summed E-state index contributed by atoms with van der Waals surface area (Å²) in [6.07, 6.45) is 11.0. The Labute approximate surface area is 323 Å². The monoisotopic (exact) mass is 760 g/mol. The third kappa shape index (κ3) is 9.04. The van der Waals surface area contributed by atoms with Crippen molar-refractivity contribution in [2.24, 2.45) is 0 Å². The van der Waals surface area contributed by atoms with Gasteiger partial charge in [-0.1, -0.05) is 78.2 Å². The molecule has 10 rings (SSSR count). The van der Waals surface area contributed by atoms with Gasteiger partial charge >= 0.3 is 28.4 Å². The zero-order valence-electron chi connectivity index (χ0n) is 27.6. The second-order valence-electron chi connectivity index (χ2n) is 11.2. The van der Waals surface area contributed by atoms with Gasteiger partial charge in [-0.05, 0) is 28.5 Å². The second-order valence-corrected chi connectivity index (χ2v) is 11.2. The molecular weight excluding hydrogens is 727 g/mol. The van der Waals surface area contributed by atoms with E-state index < -0.39 is 0 Å². The van der Waals surface area contributed by atoms with E-state index in [1.54, 1.807) is 0 Å². The van der Waals surface area contributed by atoms with Gasteiger partial charge in [0, 0.05) is 0 Å². The van der Waals surface area contributed by atoms with Crippen LogP contribution in [0.2, 0.25) is 0 Å². The first-order valence-electron chi connectivity index (χ1n) is 16.1. The van der Waals surface area contributed by atoms with Gasteiger partial charge in [-0.2, -0.15) is 6.08 Å². The van der Waals surface area contributed by atoms with Crippen molar-refractivity contribution in [2.45, 2.75) is 12.8 Å². The fraction of sp³-hybridized carbons (Fsp3) is 0.0426. The van der Waals surface area contributed by atoms with Crippen molar-refractivity contribution in [1.29, 1.82) is 0 Å². The van der Waals surface area contributed by atoms with Gasteiger partial charge in [0.25, 0.3) is 0 Å². The Bertz CT molecular complexity index is 2140. The summed E-state index contributed by atoms with van der Waals surface area (Å²) in [6, 6.07) is 62.1. The molecule has 0 aromatic heterocycles. The molecule has 50 heavy (non-hydrogen) atoms. The van der Waals surface area contributed by atoms with Gasteiger partial charge in [0.15, 0.2) is 0 Å². The maximum absolute atomic E-state index is 3.48. The summed E-state index contributed by atoms with van der Waals surface area (Å²) < 4.78 is 3.34. The summed E-state index contributed by atoms with van der Waals surface area (Å²) in [5, 5.41) is 10.2. The van der Waals surface area contributed by atoms with E-state index >= 15 is 0 Å². The van der Waals surface area contributed by atoms with E-state index in [0.29, 0.717) is 0 Å². The van der Waals surface area contributed by atoms with Crippen molar-refractivity contribution in [3.63, 3.8) is 0 Å². The Kier molecular flexibility index (Phi) is 15.1. The van der Waals surface area contributed by atoms with Crippen LogP contribution in [-0.2, 0) is 30.7 Å². The Morgan fingerprint density at radius 1 is 0.520 bits per heavy atom. The molecule has 0 unspecified atom stereocenters. The number of halogens is 2. The summed E-state index contributed by atoms with van der Waals surface area (Å²) in [5.41, 5.74) is 5.67. The van der Waals surface area contributed by atoms with Crippen LogP contribution in [-0.4, -0.2) is 4.21 Å². The molecule has 8 aromatic carbocycles. The quantitative estimate of drug-likeness (QED) is 0.107. The minimum absolute atomic E-state index is 0. The molecular formula is C47H36Cl2Zr-4. The normalized spacial score (nSPS) is 11.1. The maximum Gasteiger partial charge on any atom is -0.0240 e. The van der Waals surface area contributed by atoms with E-state index in [1.807, 2.05) is 66.7 Å². The predicted molar refractivity (Wildman–Crippen MR) is 217 cm³/mol. The van der Waals surface area contributed by atoms with Gasteiger partial charge in [-0.15, -0.1) is 166 Å². The number of hydrogen-bond acceptors (Lipinski definition) is 0. The van der Waals surface area contributed by atoms with Crippen molar-refractivity contribution in [2.75, 3.05) is 0 Å². The summed E-state index contributed by atoms with van der Waals surface area (Å²) in [4.78, 5) is 0. The molecule has 8 aromatic rings. The first-order chi connectivity index (χ1) is 23.9. The number of allylic oxidation sites excluding steroid dienone is 4. The summed E-state index contributed by atoms with van der Waals surface area (Å²) in [7, 11) is 0. The van der Waals surface area contributed by atoms with Gasteiger partial charge in [0.2, 0.25) is 0 Å². The van der Waals surface area contributed by atoms with Gasteiger partial charge < -0.3 is 0 Å². The second kappa shape index (κ2) is 19.7. The third-order valence-corrected chi connectivity index (χ3v) is 8.33. The molecule has 0 saturated heterocycles. The molecule has 0 atom stereocenters. The van der Waals surface area contributed by atoms with Crippen LogP contribution in [0.3, 0.4) is 0 Å². The van der Waals surface area contributed by atoms with E-state index in [0.717, 1.165) is 12.8 Å². The van der Waals surface area contributed by atoms with Crippen molar-refractivity contribution in [1.82, 2.24) is 0 Å². The first-order valence-corrected chi connectivity index (χ1v) is 17.8. The van der Waals surface area contributed by atoms with Gasteiger partial charge in [-0.3, -0.25) is 6.08 Å². The number of benzene rings is 8. The average molecular weight is 763 g/mol. The molecule has 0 amide bonds. The molecule has 0 N–H and O–H groups in total. The van der Waals surface area contributed by atoms with Crippen molar-refractivity contribution in [3.8, 4) is 11.1 Å². The van der Waals surface area contributed by atoms with Gasteiger partial charge in [0.1, 0.15) is 0 Å². The van der Waals surface area contributed by atoms with Crippen LogP contribution in [0.1, 0.15) is 17.5 Å². The molecule has 2 aliphatic carbocycles. The molecule has 0 saturated carbocycles. The Morgan fingerprint density at radius 3 is 1.64 bits per heavy atom. The van der Waals surface area contributed by atoms with Crippen LogP contribution >= 0.6 is 24.8 Å². The van der Waals surface area contributed by atoms with Crippen LogP contribution in [0.25, 0.3) is 54.2 Å². The minimum Gasteiger partial charge on any atom is -0.147 e. The van der Waals surface area contributed by atoms with E-state index in [-0.39, 0.29) is 24.8 Å². The molecule has 0 nitrogen and oxygen atoms in total. The minimum atomic E-state index is 0. The van der Waals surface area contributed by atoms with Crippen LogP contribution < -0.4 is 0 Å². The Hall–Kier alpha value is -4.39. The third-order valence-electron chi connectivity index (χ3n) is 8.33. The molecule has 0 radical (unpaired) electrons. The van der Waals surface area contributed by atoms with Crippen molar-refractivity contribution < 1.29 is 24.2 Å². The van der Waals surface area contributed by atoms with Crippen LogP contribution in [0, 0.1) is 24.3 Å². The summed E-state index contributed by atoms with van der Waals surface area (Å²) in [6.45, 7) is 0. The van der Waals surface area contributed by atoms with Gasteiger partial charge in [0.05, 0.1) is 0 Å². The van der Waals surface area contributed by atoms with E-state index in [9.17, 15) is 0 Å². The Balaban J connectivity index is 0.000000164. The molecule has 246 valence electrons. The number of hydrogen-bond donors (Lipinski definition) is 0. The molecule has 0 heterocycles. The number of fused-ring (bicyclic) bond motifs is 10. The molecule has 0 fully saturated rings. The SMILES string of the molecule is Cl.Cl.[C-]1=CC=CC1.[CH2]=[Zr].[c-]1cccc2c1c1c(c3ccccc32)-c2ccccc2C1.[c-]1cccc2ccccc12.[c-]1cccc2ccccc12. The smallest absolute Gasteiger partial charge is 0.0240 e. The Morgan fingerprint density at radius 2 is 1.04 bits per heavy atom. The predicted octanol–water partition coefficient (Wildman–Crippen LogP) is 12.8. The van der Waals surface area contributed by atoms with Crippen LogP contribution in [0.15, 0.2) is 170 Å². The molecule has 2 aliphatic rings. The van der Waals surface area contributed by atoms with Crippen LogP contribution in [0.4, 0.5) is 0 Å². The number of rotatable bonds is 0. The zero-order valence-corrected chi connectivity index (χ0v) is 31.7. The molecule has 3 heteroatoms. The molecule has 0 bridgehead atoms. The summed E-state index contributed by atoms with van der Waals surface area (Å²) in [5.74, 6) is 0. The van der Waals surface area contributed by atoms with E-state index in [1.165, 1.54) is 89.6 Å². The standard InChI is InChI=1S/C21H13.2C10H7.C5H5.CH2.2ClH.Zr/c1-2-8-15-14(7-1)13-20-18-11-4-3-9-16(18)17-10-5-6-12-19(17)21(15)20;2*1-2-6-10-8-4-3-7-9(10)5-1;1-2-4-5-3-1;;;;/h1-10,12H,13H2;2*1-7H;1-3H,4H2;1H2;2*1H;/q4*-1;;;;. The largest absolute Gasteiger partial charge is 0.147 e. The van der Waals surface area contributed by atoms with Crippen molar-refractivity contribution in [3.05, 3.63) is 205 Å². The van der Waals surface area contributed by atoms with Crippen molar-refractivity contribution >= 4 is 72.1 Å². The van der Waals surface area contributed by atoms with E-state index in [4.69, 9.17) is 0 Å².